The molecule has 2 aromatic carbocycles. The van der Waals surface area contributed by atoms with Gasteiger partial charge >= 0.3 is 5.97 Å². The van der Waals surface area contributed by atoms with E-state index in [4.69, 9.17) is 4.74 Å². The van der Waals surface area contributed by atoms with Crippen LogP contribution in [0.5, 0.6) is 0 Å². The van der Waals surface area contributed by atoms with E-state index in [0.29, 0.717) is 39.1 Å². The van der Waals surface area contributed by atoms with Crippen LogP contribution in [0.1, 0.15) is 30.1 Å². The van der Waals surface area contributed by atoms with Gasteiger partial charge in [-0.25, -0.2) is 9.78 Å². The molecule has 0 atom stereocenters. The topological polar surface area (TPSA) is 109 Å². The molecule has 32 heavy (non-hydrogen) atoms. The summed E-state index contributed by atoms with van der Waals surface area (Å²) in [7, 11) is 1.30. The number of carbonyl (C=O) groups is 1. The average molecular weight is 452 g/mol. The Balaban J connectivity index is 1.75. The highest BCUT2D eigenvalue weighted by Crippen LogP contribution is 2.21. The summed E-state index contributed by atoms with van der Waals surface area (Å²) in [6.45, 7) is 2.54. The molecule has 9 nitrogen and oxygen atoms in total. The van der Waals surface area contributed by atoms with E-state index in [1.165, 1.54) is 23.6 Å². The van der Waals surface area contributed by atoms with Crippen LogP contribution in [0.2, 0.25) is 0 Å². The maximum atomic E-state index is 13.2. The molecule has 0 saturated carbocycles. The highest BCUT2D eigenvalue weighted by Gasteiger charge is 2.15. The Bertz CT molecular complexity index is 1430. The predicted molar refractivity (Wildman–Crippen MR) is 122 cm³/mol. The van der Waals surface area contributed by atoms with E-state index in [1.807, 2.05) is 6.92 Å². The van der Waals surface area contributed by atoms with Crippen LogP contribution < -0.4 is 11.1 Å². The average Bonchev–Trinajstić information content (AvgIpc) is 2.82. The van der Waals surface area contributed by atoms with Crippen molar-refractivity contribution in [3.05, 3.63) is 68.7 Å². The van der Waals surface area contributed by atoms with Gasteiger partial charge in [-0.2, -0.15) is 4.68 Å². The smallest absolute Gasteiger partial charge is 0.337 e. The zero-order valence-corrected chi connectivity index (χ0v) is 18.5. The maximum absolute atomic E-state index is 13.2. The van der Waals surface area contributed by atoms with Gasteiger partial charge in [0.2, 0.25) is 0 Å². The van der Waals surface area contributed by atoms with Gasteiger partial charge in [-0.1, -0.05) is 42.5 Å². The first-order chi connectivity index (χ1) is 15.5. The molecule has 0 spiro atoms. The molecule has 0 fully saturated rings. The molecule has 0 amide bonds. The van der Waals surface area contributed by atoms with Crippen molar-refractivity contribution in [2.24, 2.45) is 0 Å². The molecule has 0 saturated heterocycles. The van der Waals surface area contributed by atoms with Gasteiger partial charge in [0.25, 0.3) is 11.1 Å². The molecular formula is C22H21N5O4S. The Morgan fingerprint density at radius 2 is 1.84 bits per heavy atom. The molecule has 164 valence electrons. The SMILES string of the molecule is CCCCn1c(SCn2nnc3ccccc3c2=O)nc2cc(C(=O)OC)ccc2c1=O. The summed E-state index contributed by atoms with van der Waals surface area (Å²) in [5, 5.41) is 9.43. The lowest BCUT2D eigenvalue weighted by molar-refractivity contribution is 0.0601. The number of nitrogens with zero attached hydrogens (tertiary/aromatic N) is 5. The van der Waals surface area contributed by atoms with Crippen LogP contribution in [-0.4, -0.2) is 37.6 Å². The molecule has 2 heterocycles. The molecule has 0 unspecified atom stereocenters. The van der Waals surface area contributed by atoms with Gasteiger partial charge in [0.1, 0.15) is 5.52 Å². The van der Waals surface area contributed by atoms with Crippen molar-refractivity contribution in [2.75, 3.05) is 7.11 Å². The number of carbonyl (C=O) groups excluding carboxylic acids is 1. The third-order valence-electron chi connectivity index (χ3n) is 5.02. The minimum Gasteiger partial charge on any atom is -0.465 e. The van der Waals surface area contributed by atoms with Gasteiger partial charge in [-0.3, -0.25) is 14.2 Å². The largest absolute Gasteiger partial charge is 0.465 e. The summed E-state index contributed by atoms with van der Waals surface area (Å²) in [5.41, 5.74) is 0.771. The summed E-state index contributed by atoms with van der Waals surface area (Å²) in [6.07, 6.45) is 1.71. The number of aromatic nitrogens is 5. The van der Waals surface area contributed by atoms with Crippen molar-refractivity contribution < 1.29 is 9.53 Å². The van der Waals surface area contributed by atoms with Crippen LogP contribution in [-0.2, 0) is 17.2 Å². The summed E-state index contributed by atoms with van der Waals surface area (Å²) in [5.74, 6) is -0.367. The van der Waals surface area contributed by atoms with Crippen molar-refractivity contribution in [3.8, 4) is 0 Å². The molecule has 0 aliphatic rings. The number of hydrogen-bond donors (Lipinski definition) is 0. The van der Waals surface area contributed by atoms with Crippen molar-refractivity contribution in [3.63, 3.8) is 0 Å². The van der Waals surface area contributed by atoms with E-state index in [2.05, 4.69) is 15.3 Å². The van der Waals surface area contributed by atoms with Crippen molar-refractivity contribution >= 4 is 39.5 Å². The molecule has 0 aliphatic heterocycles. The normalized spacial score (nSPS) is 11.2. The first kappa shape index (κ1) is 21.7. The number of esters is 1. The molecule has 10 heteroatoms. The second-order valence-electron chi connectivity index (χ2n) is 7.11. The monoisotopic (exact) mass is 451 g/mol. The summed E-state index contributed by atoms with van der Waals surface area (Å²) >= 11 is 1.22. The van der Waals surface area contributed by atoms with E-state index in [-0.39, 0.29) is 17.0 Å². The van der Waals surface area contributed by atoms with E-state index in [1.54, 1.807) is 47.0 Å². The first-order valence-corrected chi connectivity index (χ1v) is 11.1. The maximum Gasteiger partial charge on any atom is 0.337 e. The lowest BCUT2D eigenvalue weighted by Crippen LogP contribution is -2.26. The number of hydrogen-bond acceptors (Lipinski definition) is 8. The van der Waals surface area contributed by atoms with Crippen LogP contribution >= 0.6 is 11.8 Å². The Labute approximate surface area is 187 Å². The fourth-order valence-electron chi connectivity index (χ4n) is 3.30. The van der Waals surface area contributed by atoms with Crippen LogP contribution in [0.25, 0.3) is 21.8 Å². The Hall–Kier alpha value is -3.53. The zero-order chi connectivity index (χ0) is 22.7. The molecule has 0 bridgehead atoms. The van der Waals surface area contributed by atoms with Crippen LogP contribution in [0, 0.1) is 0 Å². The van der Waals surface area contributed by atoms with Gasteiger partial charge in [-0.15, -0.1) is 5.10 Å². The van der Waals surface area contributed by atoms with Gasteiger partial charge in [0.15, 0.2) is 5.16 Å². The second-order valence-corrected chi connectivity index (χ2v) is 8.02. The third-order valence-corrected chi connectivity index (χ3v) is 5.97. The number of methoxy groups -OCH3 is 1. The molecule has 4 rings (SSSR count). The second kappa shape index (κ2) is 9.31. The fraction of sp³-hybridized carbons (Fsp3) is 0.273. The van der Waals surface area contributed by atoms with Gasteiger partial charge in [-0.05, 0) is 36.8 Å². The Morgan fingerprint density at radius 1 is 1.06 bits per heavy atom. The molecule has 0 radical (unpaired) electrons. The first-order valence-electron chi connectivity index (χ1n) is 10.1. The number of thioether (sulfide) groups is 1. The predicted octanol–water partition coefficient (Wildman–Crippen LogP) is 2.84. The van der Waals surface area contributed by atoms with Crippen molar-refractivity contribution in [1.82, 2.24) is 24.5 Å². The summed E-state index contributed by atoms with van der Waals surface area (Å²) in [4.78, 5) is 42.4. The summed E-state index contributed by atoms with van der Waals surface area (Å²) < 4.78 is 7.62. The van der Waals surface area contributed by atoms with Crippen molar-refractivity contribution in [2.45, 2.75) is 37.3 Å². The highest BCUT2D eigenvalue weighted by atomic mass is 32.2. The van der Waals surface area contributed by atoms with Crippen molar-refractivity contribution in [1.29, 1.82) is 0 Å². The number of rotatable bonds is 7. The molecule has 0 aliphatic carbocycles. The lowest BCUT2D eigenvalue weighted by atomic mass is 10.1. The molecule has 4 aromatic rings. The minimum absolute atomic E-state index is 0.136. The van der Waals surface area contributed by atoms with Gasteiger partial charge in [0, 0.05) is 6.54 Å². The number of unbranched alkanes of at least 4 members (excludes halogenated alkanes) is 1. The number of benzene rings is 2. The lowest BCUT2D eigenvalue weighted by Gasteiger charge is -2.13. The number of ether oxygens (including phenoxy) is 1. The summed E-state index contributed by atoms with van der Waals surface area (Å²) in [6, 6.07) is 11.7. The van der Waals surface area contributed by atoms with E-state index >= 15 is 0 Å². The number of fused-ring (bicyclic) bond motifs is 2. The molecule has 2 aromatic heterocycles. The van der Waals surface area contributed by atoms with Gasteiger partial charge < -0.3 is 4.74 Å². The van der Waals surface area contributed by atoms with Crippen LogP contribution in [0.4, 0.5) is 0 Å². The van der Waals surface area contributed by atoms with Gasteiger partial charge in [0.05, 0.1) is 34.8 Å². The molecule has 0 N–H and O–H groups in total. The van der Waals surface area contributed by atoms with Crippen LogP contribution in [0.15, 0.2) is 57.2 Å². The zero-order valence-electron chi connectivity index (χ0n) is 17.6. The fourth-order valence-corrected chi connectivity index (χ4v) is 4.20. The van der Waals surface area contributed by atoms with E-state index in [9.17, 15) is 14.4 Å². The molecular weight excluding hydrogens is 430 g/mol. The van der Waals surface area contributed by atoms with E-state index in [0.717, 1.165) is 12.8 Å². The minimum atomic E-state index is -0.504. The Kier molecular flexibility index (Phi) is 6.31. The van der Waals surface area contributed by atoms with Crippen LogP contribution in [0.3, 0.4) is 0 Å². The quantitative estimate of drug-likeness (QED) is 0.240. The third kappa shape index (κ3) is 4.13. The van der Waals surface area contributed by atoms with E-state index < -0.39 is 5.97 Å². The standard InChI is InChI=1S/C22H21N5O4S/c1-3-4-11-26-19(28)16-10-9-14(21(30)31-2)12-18(16)23-22(26)32-13-27-20(29)15-7-5-6-8-17(15)24-25-27/h5-10,12H,3-4,11,13H2,1-2H3. The Morgan fingerprint density at radius 3 is 2.62 bits per heavy atom. The highest BCUT2D eigenvalue weighted by molar-refractivity contribution is 7.98.